The predicted octanol–water partition coefficient (Wildman–Crippen LogP) is 4.87. The SMILES string of the molecule is CCOC(=O)c1c(CNC=N)n(C)c2cc(-c3ccc4ccccc4c3)ccc12. The standard InChI is InChI=1S/C24H23N3O2/c1-3-29-24(28)23-20-11-10-19(13-21(20)27(2)22(23)14-26-15-25)18-9-8-16-6-4-5-7-17(16)12-18/h4-13,15H,3,14H2,1-2H3,(H2,25,26). The van der Waals surface area contributed by atoms with Crippen LogP contribution in [0, 0.1) is 5.41 Å². The molecule has 1 heterocycles. The molecule has 2 N–H and O–H groups in total. The highest BCUT2D eigenvalue weighted by Gasteiger charge is 2.22. The topological polar surface area (TPSA) is 67.1 Å². The zero-order valence-electron chi connectivity index (χ0n) is 16.5. The van der Waals surface area contributed by atoms with Crippen molar-refractivity contribution in [2.24, 2.45) is 7.05 Å². The van der Waals surface area contributed by atoms with E-state index in [4.69, 9.17) is 10.1 Å². The van der Waals surface area contributed by atoms with Crippen molar-refractivity contribution < 1.29 is 9.53 Å². The van der Waals surface area contributed by atoms with Gasteiger partial charge in [0, 0.05) is 18.0 Å². The van der Waals surface area contributed by atoms with Crippen LogP contribution in [-0.2, 0) is 18.3 Å². The summed E-state index contributed by atoms with van der Waals surface area (Å²) in [5.41, 5.74) is 4.54. The fourth-order valence-corrected chi connectivity index (χ4v) is 3.82. The molecule has 146 valence electrons. The van der Waals surface area contributed by atoms with Crippen molar-refractivity contribution in [3.8, 4) is 11.1 Å². The molecule has 0 bridgehead atoms. The van der Waals surface area contributed by atoms with E-state index in [0.29, 0.717) is 18.7 Å². The van der Waals surface area contributed by atoms with E-state index in [0.717, 1.165) is 34.1 Å². The molecule has 29 heavy (non-hydrogen) atoms. The number of nitrogens with one attached hydrogen (secondary N) is 2. The van der Waals surface area contributed by atoms with E-state index in [-0.39, 0.29) is 5.97 Å². The van der Waals surface area contributed by atoms with Crippen LogP contribution in [0.3, 0.4) is 0 Å². The average molecular weight is 385 g/mol. The summed E-state index contributed by atoms with van der Waals surface area (Å²) in [6.07, 6.45) is 1.13. The number of fused-ring (bicyclic) bond motifs is 2. The van der Waals surface area contributed by atoms with E-state index in [2.05, 4.69) is 41.7 Å². The fourth-order valence-electron chi connectivity index (χ4n) is 3.82. The minimum Gasteiger partial charge on any atom is -0.462 e. The van der Waals surface area contributed by atoms with Crippen molar-refractivity contribution in [3.63, 3.8) is 0 Å². The summed E-state index contributed by atoms with van der Waals surface area (Å²) in [4.78, 5) is 12.6. The Morgan fingerprint density at radius 3 is 2.55 bits per heavy atom. The van der Waals surface area contributed by atoms with Crippen LogP contribution in [0.2, 0.25) is 0 Å². The first kappa shape index (κ1) is 18.7. The number of hydrogen-bond acceptors (Lipinski definition) is 3. The molecule has 0 saturated carbocycles. The molecule has 0 fully saturated rings. The molecule has 4 aromatic rings. The Morgan fingerprint density at radius 2 is 1.79 bits per heavy atom. The molecule has 0 amide bonds. The number of esters is 1. The lowest BCUT2D eigenvalue weighted by atomic mass is 10.00. The van der Waals surface area contributed by atoms with Gasteiger partial charge in [-0.15, -0.1) is 0 Å². The van der Waals surface area contributed by atoms with Crippen LogP contribution in [0.5, 0.6) is 0 Å². The molecule has 0 aliphatic heterocycles. The third-order valence-electron chi connectivity index (χ3n) is 5.26. The molecule has 0 radical (unpaired) electrons. The molecule has 0 aliphatic carbocycles. The van der Waals surface area contributed by atoms with Crippen molar-refractivity contribution in [1.29, 1.82) is 5.41 Å². The molecular weight excluding hydrogens is 362 g/mol. The summed E-state index contributed by atoms with van der Waals surface area (Å²) >= 11 is 0. The van der Waals surface area contributed by atoms with Crippen LogP contribution in [-0.4, -0.2) is 23.5 Å². The largest absolute Gasteiger partial charge is 0.462 e. The van der Waals surface area contributed by atoms with Crippen molar-refractivity contribution in [3.05, 3.63) is 71.9 Å². The highest BCUT2D eigenvalue weighted by Crippen LogP contribution is 2.32. The number of carbonyl (C=O) groups is 1. The lowest BCUT2D eigenvalue weighted by Gasteiger charge is -2.07. The molecule has 0 saturated heterocycles. The number of aromatic nitrogens is 1. The Hall–Kier alpha value is -3.60. The van der Waals surface area contributed by atoms with Gasteiger partial charge >= 0.3 is 5.97 Å². The second-order valence-corrected chi connectivity index (χ2v) is 6.92. The zero-order valence-corrected chi connectivity index (χ0v) is 16.5. The maximum Gasteiger partial charge on any atom is 0.340 e. The highest BCUT2D eigenvalue weighted by atomic mass is 16.5. The highest BCUT2D eigenvalue weighted by molar-refractivity contribution is 6.07. The molecule has 3 aromatic carbocycles. The Kier molecular flexibility index (Phi) is 5.04. The second-order valence-electron chi connectivity index (χ2n) is 6.92. The second kappa shape index (κ2) is 7.80. The monoisotopic (exact) mass is 385 g/mol. The smallest absolute Gasteiger partial charge is 0.340 e. The Labute approximate surface area is 169 Å². The summed E-state index contributed by atoms with van der Waals surface area (Å²) < 4.78 is 7.30. The minimum absolute atomic E-state index is 0.321. The normalized spacial score (nSPS) is 11.0. The van der Waals surface area contributed by atoms with Gasteiger partial charge in [0.15, 0.2) is 0 Å². The molecular formula is C24H23N3O2. The van der Waals surface area contributed by atoms with Crippen molar-refractivity contribution >= 4 is 34.0 Å². The van der Waals surface area contributed by atoms with Gasteiger partial charge in [-0.3, -0.25) is 5.41 Å². The summed E-state index contributed by atoms with van der Waals surface area (Å²) in [5, 5.41) is 13.4. The van der Waals surface area contributed by atoms with Crippen LogP contribution < -0.4 is 5.32 Å². The lowest BCUT2D eigenvalue weighted by Crippen LogP contribution is -2.16. The van der Waals surface area contributed by atoms with Gasteiger partial charge in [-0.25, -0.2) is 4.79 Å². The van der Waals surface area contributed by atoms with E-state index < -0.39 is 0 Å². The van der Waals surface area contributed by atoms with Gasteiger partial charge in [-0.1, -0.05) is 48.5 Å². The Bertz CT molecular complexity index is 1220. The van der Waals surface area contributed by atoms with Crippen molar-refractivity contribution in [2.45, 2.75) is 13.5 Å². The van der Waals surface area contributed by atoms with Gasteiger partial charge < -0.3 is 14.6 Å². The van der Waals surface area contributed by atoms with Gasteiger partial charge in [0.05, 0.1) is 30.7 Å². The van der Waals surface area contributed by atoms with Gasteiger partial charge in [-0.05, 0) is 41.0 Å². The number of ether oxygens (including phenoxy) is 1. The molecule has 4 rings (SSSR count). The first-order valence-corrected chi connectivity index (χ1v) is 9.64. The number of hydrogen-bond donors (Lipinski definition) is 2. The first-order valence-electron chi connectivity index (χ1n) is 9.64. The number of aryl methyl sites for hydroxylation is 1. The molecule has 0 atom stereocenters. The molecule has 1 aromatic heterocycles. The van der Waals surface area contributed by atoms with Crippen molar-refractivity contribution in [1.82, 2.24) is 9.88 Å². The third-order valence-corrected chi connectivity index (χ3v) is 5.26. The van der Waals surface area contributed by atoms with Crippen LogP contribution in [0.4, 0.5) is 0 Å². The first-order chi connectivity index (χ1) is 14.1. The predicted molar refractivity (Wildman–Crippen MR) is 117 cm³/mol. The van der Waals surface area contributed by atoms with Crippen LogP contribution in [0.25, 0.3) is 32.8 Å². The summed E-state index contributed by atoms with van der Waals surface area (Å²) in [6, 6.07) is 20.9. The fraction of sp³-hybridized carbons (Fsp3) is 0.167. The summed E-state index contributed by atoms with van der Waals surface area (Å²) in [6.45, 7) is 2.51. The lowest BCUT2D eigenvalue weighted by molar-refractivity contribution is 0.0527. The molecule has 0 aliphatic rings. The van der Waals surface area contributed by atoms with Crippen LogP contribution in [0.15, 0.2) is 60.7 Å². The molecule has 5 heteroatoms. The number of rotatable bonds is 6. The average Bonchev–Trinajstić information content (AvgIpc) is 3.03. The Morgan fingerprint density at radius 1 is 1.07 bits per heavy atom. The van der Waals surface area contributed by atoms with Crippen LogP contribution >= 0.6 is 0 Å². The van der Waals surface area contributed by atoms with Crippen LogP contribution in [0.1, 0.15) is 23.0 Å². The van der Waals surface area contributed by atoms with Gasteiger partial charge in [0.1, 0.15) is 0 Å². The maximum absolute atomic E-state index is 12.6. The molecule has 5 nitrogen and oxygen atoms in total. The minimum atomic E-state index is -0.335. The summed E-state index contributed by atoms with van der Waals surface area (Å²) in [5.74, 6) is -0.335. The Balaban J connectivity index is 1.87. The molecule has 0 unspecified atom stereocenters. The van der Waals surface area contributed by atoms with Gasteiger partial charge in [0.25, 0.3) is 0 Å². The van der Waals surface area contributed by atoms with Crippen molar-refractivity contribution in [2.75, 3.05) is 6.61 Å². The van der Waals surface area contributed by atoms with Gasteiger partial charge in [0.2, 0.25) is 0 Å². The maximum atomic E-state index is 12.6. The molecule has 0 spiro atoms. The van der Waals surface area contributed by atoms with Gasteiger partial charge in [-0.2, -0.15) is 0 Å². The quantitative estimate of drug-likeness (QED) is 0.283. The number of nitrogens with zero attached hydrogens (tertiary/aromatic N) is 1. The van der Waals surface area contributed by atoms with E-state index in [1.54, 1.807) is 6.92 Å². The summed E-state index contributed by atoms with van der Waals surface area (Å²) in [7, 11) is 1.94. The van der Waals surface area contributed by atoms with E-state index in [9.17, 15) is 4.79 Å². The number of benzene rings is 3. The van der Waals surface area contributed by atoms with E-state index in [1.165, 1.54) is 10.8 Å². The zero-order chi connectivity index (χ0) is 20.4. The number of carbonyl (C=O) groups excluding carboxylic acids is 1. The van der Waals surface area contributed by atoms with E-state index in [1.807, 2.05) is 35.9 Å². The van der Waals surface area contributed by atoms with E-state index >= 15 is 0 Å². The third kappa shape index (κ3) is 3.36.